The summed E-state index contributed by atoms with van der Waals surface area (Å²) in [5.74, 6) is 0.777. The van der Waals surface area contributed by atoms with E-state index in [1.165, 1.54) is 24.9 Å². The summed E-state index contributed by atoms with van der Waals surface area (Å²) in [6.45, 7) is 8.46. The number of anilines is 3. The Bertz CT molecular complexity index is 747. The van der Waals surface area contributed by atoms with E-state index < -0.39 is 0 Å². The van der Waals surface area contributed by atoms with Crippen LogP contribution in [0.3, 0.4) is 0 Å². The summed E-state index contributed by atoms with van der Waals surface area (Å²) >= 11 is 0. The Balaban J connectivity index is 1.66. The molecule has 1 aromatic carbocycles. The Morgan fingerprint density at radius 3 is 2.36 bits per heavy atom. The van der Waals surface area contributed by atoms with Crippen LogP contribution in [0.2, 0.25) is 0 Å². The average Bonchev–Trinajstić information content (AvgIpc) is 2.75. The molecule has 1 aliphatic rings. The van der Waals surface area contributed by atoms with Crippen molar-refractivity contribution in [3.05, 3.63) is 48.2 Å². The number of hydrogen-bond acceptors (Lipinski definition) is 4. The lowest BCUT2D eigenvalue weighted by Crippen LogP contribution is -2.29. The number of piperidine rings is 1. The number of nitrogens with one attached hydrogen (secondary N) is 1. The molecule has 3 rings (SSSR count). The van der Waals surface area contributed by atoms with Gasteiger partial charge in [-0.05, 0) is 68.5 Å². The van der Waals surface area contributed by atoms with Crippen molar-refractivity contribution in [3.63, 3.8) is 0 Å². The van der Waals surface area contributed by atoms with E-state index in [9.17, 15) is 4.79 Å². The van der Waals surface area contributed by atoms with Crippen molar-refractivity contribution in [1.82, 2.24) is 4.98 Å². The number of amides is 1. The van der Waals surface area contributed by atoms with E-state index in [2.05, 4.69) is 46.1 Å². The Morgan fingerprint density at radius 1 is 1.04 bits per heavy atom. The van der Waals surface area contributed by atoms with Crippen molar-refractivity contribution in [1.29, 1.82) is 0 Å². The van der Waals surface area contributed by atoms with Crippen LogP contribution in [0.15, 0.2) is 42.6 Å². The van der Waals surface area contributed by atoms with Crippen molar-refractivity contribution in [2.75, 3.05) is 41.3 Å². The first kappa shape index (κ1) is 20.2. The molecule has 0 bridgehead atoms. The number of carbonyl (C=O) groups excluding carboxylic acids is 1. The van der Waals surface area contributed by atoms with E-state index in [0.717, 1.165) is 50.5 Å². The highest BCUT2D eigenvalue weighted by atomic mass is 16.1. The van der Waals surface area contributed by atoms with Crippen LogP contribution < -0.4 is 15.1 Å². The van der Waals surface area contributed by atoms with Crippen molar-refractivity contribution in [2.45, 2.75) is 46.0 Å². The number of benzene rings is 1. The van der Waals surface area contributed by atoms with Gasteiger partial charge in [0.1, 0.15) is 5.82 Å². The number of hydrogen-bond donors (Lipinski definition) is 1. The van der Waals surface area contributed by atoms with Gasteiger partial charge in [-0.15, -0.1) is 0 Å². The summed E-state index contributed by atoms with van der Waals surface area (Å²) in [6, 6.07) is 11.8. The van der Waals surface area contributed by atoms with Crippen LogP contribution in [0.5, 0.6) is 0 Å². The third-order valence-corrected chi connectivity index (χ3v) is 5.17. The lowest BCUT2D eigenvalue weighted by molar-refractivity contribution is 0.102. The molecule has 0 unspecified atom stereocenters. The fourth-order valence-electron chi connectivity index (χ4n) is 3.72. The van der Waals surface area contributed by atoms with E-state index in [4.69, 9.17) is 0 Å². The van der Waals surface area contributed by atoms with Gasteiger partial charge in [-0.25, -0.2) is 4.98 Å². The smallest absolute Gasteiger partial charge is 0.255 e. The predicted octanol–water partition coefficient (Wildman–Crippen LogP) is 4.95. The van der Waals surface area contributed by atoms with Crippen LogP contribution in [0.4, 0.5) is 17.2 Å². The van der Waals surface area contributed by atoms with Gasteiger partial charge < -0.3 is 15.1 Å². The molecule has 1 saturated heterocycles. The molecule has 1 aliphatic heterocycles. The summed E-state index contributed by atoms with van der Waals surface area (Å²) < 4.78 is 0. The first-order chi connectivity index (χ1) is 13.7. The Morgan fingerprint density at radius 2 is 1.71 bits per heavy atom. The van der Waals surface area contributed by atoms with Crippen molar-refractivity contribution >= 4 is 23.1 Å². The van der Waals surface area contributed by atoms with E-state index in [-0.39, 0.29) is 5.91 Å². The second-order valence-electron chi connectivity index (χ2n) is 7.44. The molecular formula is C23H32N4O. The number of carbonyl (C=O) groups is 1. The lowest BCUT2D eigenvalue weighted by atomic mass is 10.1. The zero-order chi connectivity index (χ0) is 19.8. The monoisotopic (exact) mass is 380 g/mol. The molecule has 0 aliphatic carbocycles. The van der Waals surface area contributed by atoms with Crippen LogP contribution in [0.1, 0.15) is 56.3 Å². The quantitative estimate of drug-likeness (QED) is 0.704. The van der Waals surface area contributed by atoms with Gasteiger partial charge in [0.15, 0.2) is 0 Å². The maximum Gasteiger partial charge on any atom is 0.255 e. The molecule has 2 heterocycles. The summed E-state index contributed by atoms with van der Waals surface area (Å²) in [5.41, 5.74) is 2.70. The van der Waals surface area contributed by atoms with Gasteiger partial charge in [0, 0.05) is 49.3 Å². The van der Waals surface area contributed by atoms with Gasteiger partial charge >= 0.3 is 0 Å². The van der Waals surface area contributed by atoms with Gasteiger partial charge in [0.2, 0.25) is 0 Å². The molecule has 0 atom stereocenters. The fourth-order valence-corrected chi connectivity index (χ4v) is 3.72. The van der Waals surface area contributed by atoms with Crippen molar-refractivity contribution in [3.8, 4) is 0 Å². The number of aromatic nitrogens is 1. The minimum atomic E-state index is -0.0951. The molecule has 5 heteroatoms. The molecule has 5 nitrogen and oxygen atoms in total. The largest absolute Gasteiger partial charge is 0.372 e. The minimum Gasteiger partial charge on any atom is -0.372 e. The molecule has 2 aromatic rings. The number of rotatable bonds is 8. The van der Waals surface area contributed by atoms with Crippen LogP contribution in [-0.2, 0) is 0 Å². The number of nitrogens with zero attached hydrogens (tertiary/aromatic N) is 3. The first-order valence-electron chi connectivity index (χ1n) is 10.6. The summed E-state index contributed by atoms with van der Waals surface area (Å²) in [5, 5.41) is 3.01. The molecular weight excluding hydrogens is 348 g/mol. The van der Waals surface area contributed by atoms with Crippen LogP contribution in [0.25, 0.3) is 0 Å². The van der Waals surface area contributed by atoms with Crippen molar-refractivity contribution < 1.29 is 4.79 Å². The van der Waals surface area contributed by atoms with Gasteiger partial charge in [0.25, 0.3) is 5.91 Å². The second kappa shape index (κ2) is 10.1. The lowest BCUT2D eigenvalue weighted by Gasteiger charge is -2.28. The van der Waals surface area contributed by atoms with E-state index in [1.807, 2.05) is 18.2 Å². The zero-order valence-electron chi connectivity index (χ0n) is 17.2. The zero-order valence-corrected chi connectivity index (χ0v) is 17.2. The average molecular weight is 381 g/mol. The van der Waals surface area contributed by atoms with Crippen molar-refractivity contribution in [2.24, 2.45) is 0 Å². The standard InChI is InChI=1S/C23H32N4O/c1-3-14-27(15-4-2)22-18-19(12-13-24-22)23(28)25-20-8-10-21(11-9-20)26-16-6-5-7-17-26/h8-13,18H,3-7,14-17H2,1-2H3,(H,25,28). The van der Waals surface area contributed by atoms with Gasteiger partial charge in [0.05, 0.1) is 0 Å². The molecule has 1 fully saturated rings. The molecule has 0 spiro atoms. The van der Waals surface area contributed by atoms with Crippen LogP contribution >= 0.6 is 0 Å². The number of pyridine rings is 1. The highest BCUT2D eigenvalue weighted by molar-refractivity contribution is 6.04. The Hall–Kier alpha value is -2.56. The topological polar surface area (TPSA) is 48.5 Å². The third-order valence-electron chi connectivity index (χ3n) is 5.17. The summed E-state index contributed by atoms with van der Waals surface area (Å²) in [4.78, 5) is 21.9. The molecule has 1 aromatic heterocycles. The first-order valence-corrected chi connectivity index (χ1v) is 10.6. The maximum atomic E-state index is 12.7. The molecule has 0 radical (unpaired) electrons. The second-order valence-corrected chi connectivity index (χ2v) is 7.44. The maximum absolute atomic E-state index is 12.7. The van der Waals surface area contributed by atoms with Crippen LogP contribution in [0, 0.1) is 0 Å². The predicted molar refractivity (Wildman–Crippen MR) is 117 cm³/mol. The Kier molecular flexibility index (Phi) is 7.29. The molecule has 1 N–H and O–H groups in total. The molecule has 1 amide bonds. The van der Waals surface area contributed by atoms with E-state index in [0.29, 0.717) is 5.56 Å². The van der Waals surface area contributed by atoms with Crippen LogP contribution in [-0.4, -0.2) is 37.1 Å². The molecule has 28 heavy (non-hydrogen) atoms. The summed E-state index contributed by atoms with van der Waals surface area (Å²) in [7, 11) is 0. The van der Waals surface area contributed by atoms with E-state index in [1.54, 1.807) is 12.3 Å². The highest BCUT2D eigenvalue weighted by Crippen LogP contribution is 2.22. The van der Waals surface area contributed by atoms with Gasteiger partial charge in [-0.1, -0.05) is 13.8 Å². The Labute approximate surface area is 168 Å². The summed E-state index contributed by atoms with van der Waals surface area (Å²) in [6.07, 6.45) is 7.68. The highest BCUT2D eigenvalue weighted by Gasteiger charge is 2.13. The molecule has 150 valence electrons. The fraction of sp³-hybridized carbons (Fsp3) is 0.478. The van der Waals surface area contributed by atoms with Gasteiger partial charge in [-0.2, -0.15) is 0 Å². The molecule has 0 saturated carbocycles. The minimum absolute atomic E-state index is 0.0951. The normalized spacial score (nSPS) is 14.0. The van der Waals surface area contributed by atoms with Gasteiger partial charge in [-0.3, -0.25) is 4.79 Å². The SMILES string of the molecule is CCCN(CCC)c1cc(C(=O)Nc2ccc(N3CCCCC3)cc2)ccn1. The third kappa shape index (κ3) is 5.24. The van der Waals surface area contributed by atoms with E-state index >= 15 is 0 Å².